The van der Waals surface area contributed by atoms with Crippen LogP contribution in [0.1, 0.15) is 0 Å². The van der Waals surface area contributed by atoms with Crippen molar-refractivity contribution in [2.45, 2.75) is 0 Å². The lowest BCUT2D eigenvalue weighted by atomic mass is 9.89. The third-order valence-corrected chi connectivity index (χ3v) is 8.50. The summed E-state index contributed by atoms with van der Waals surface area (Å²) in [4.78, 5) is 0. The van der Waals surface area contributed by atoms with E-state index in [4.69, 9.17) is 0 Å². The van der Waals surface area contributed by atoms with Crippen LogP contribution in [0.4, 0.5) is 0 Å². The van der Waals surface area contributed by atoms with E-state index in [1.165, 1.54) is 82.1 Å². The lowest BCUT2D eigenvalue weighted by Crippen LogP contribution is -1.94. The maximum absolute atomic E-state index is 2.47. The molecule has 0 aliphatic rings. The van der Waals surface area contributed by atoms with E-state index < -0.39 is 0 Å². The molecule has 0 atom stereocenters. The molecule has 1 heterocycles. The molecule has 1 nitrogen and oxygen atoms in total. The second-order valence-corrected chi connectivity index (χ2v) is 10.5. The Kier molecular flexibility index (Phi) is 4.11. The normalized spacial score (nSPS) is 12.1. The van der Waals surface area contributed by atoms with Gasteiger partial charge in [0.2, 0.25) is 0 Å². The highest BCUT2D eigenvalue weighted by molar-refractivity contribution is 6.40. The summed E-state index contributed by atoms with van der Waals surface area (Å²) in [5.74, 6) is 0. The average Bonchev–Trinajstić information content (AvgIpc) is 3.36. The van der Waals surface area contributed by atoms with E-state index in [1.807, 2.05) is 0 Å². The Balaban J connectivity index is 1.37. The summed E-state index contributed by atoms with van der Waals surface area (Å²) in [6, 6.07) is 51.1. The molecule has 0 bridgehead atoms. The summed E-state index contributed by atoms with van der Waals surface area (Å²) < 4.78 is 2.47. The molecule has 9 aromatic rings. The van der Waals surface area contributed by atoms with Gasteiger partial charge >= 0.3 is 0 Å². The predicted octanol–water partition coefficient (Wildman–Crippen LogP) is 10.5. The lowest BCUT2D eigenvalue weighted by molar-refractivity contribution is 1.18. The zero-order chi connectivity index (χ0) is 25.5. The van der Waals surface area contributed by atoms with E-state index in [9.17, 15) is 0 Å². The zero-order valence-corrected chi connectivity index (χ0v) is 21.2. The number of hydrogen-bond acceptors (Lipinski definition) is 0. The van der Waals surface area contributed by atoms with Gasteiger partial charge in [-0.3, -0.25) is 0 Å². The second kappa shape index (κ2) is 7.69. The van der Waals surface area contributed by atoms with Gasteiger partial charge in [0.1, 0.15) is 0 Å². The minimum absolute atomic E-state index is 1.19. The number of nitrogens with zero attached hydrogens (tertiary/aromatic N) is 1. The van der Waals surface area contributed by atoms with Crippen molar-refractivity contribution in [3.63, 3.8) is 0 Å². The van der Waals surface area contributed by atoms with E-state index in [0.29, 0.717) is 0 Å². The molecule has 0 N–H and O–H groups in total. The molecule has 0 saturated heterocycles. The van der Waals surface area contributed by atoms with Crippen molar-refractivity contribution in [2.75, 3.05) is 0 Å². The summed E-state index contributed by atoms with van der Waals surface area (Å²) >= 11 is 0. The van der Waals surface area contributed by atoms with Crippen LogP contribution in [0.3, 0.4) is 0 Å². The molecule has 0 fully saturated rings. The van der Waals surface area contributed by atoms with Crippen molar-refractivity contribution in [3.05, 3.63) is 140 Å². The summed E-state index contributed by atoms with van der Waals surface area (Å²) in [6.45, 7) is 0. The van der Waals surface area contributed by atoms with E-state index >= 15 is 0 Å². The fourth-order valence-corrected chi connectivity index (χ4v) is 6.89. The van der Waals surface area contributed by atoms with E-state index in [1.54, 1.807) is 0 Å². The Morgan fingerprint density at radius 2 is 0.974 bits per heavy atom. The van der Waals surface area contributed by atoms with Gasteiger partial charge in [-0.05, 0) is 73.5 Å². The molecule has 0 aliphatic heterocycles. The quantitative estimate of drug-likeness (QED) is 0.170. The molecular formula is C38H23N. The molecule has 0 aliphatic carbocycles. The Morgan fingerprint density at radius 3 is 1.82 bits per heavy atom. The smallest absolute Gasteiger partial charge is 0.0548 e. The van der Waals surface area contributed by atoms with Gasteiger partial charge in [-0.15, -0.1) is 0 Å². The summed E-state index contributed by atoms with van der Waals surface area (Å²) in [5.41, 5.74) is 8.66. The van der Waals surface area contributed by atoms with E-state index in [2.05, 4.69) is 144 Å². The molecule has 0 unspecified atom stereocenters. The van der Waals surface area contributed by atoms with E-state index in [0.717, 1.165) is 0 Å². The van der Waals surface area contributed by atoms with Crippen LogP contribution in [0, 0.1) is 0 Å². The highest BCUT2D eigenvalue weighted by Gasteiger charge is 2.21. The minimum Gasteiger partial charge on any atom is -0.309 e. The predicted molar refractivity (Wildman–Crippen MR) is 167 cm³/mol. The molecule has 0 saturated carbocycles. The first-order valence-electron chi connectivity index (χ1n) is 13.5. The van der Waals surface area contributed by atoms with E-state index in [-0.39, 0.29) is 0 Å². The fraction of sp³-hybridized carbons (Fsp3) is 0. The number of rotatable bonds is 3. The monoisotopic (exact) mass is 493 g/mol. The fourth-order valence-electron chi connectivity index (χ4n) is 6.89. The maximum atomic E-state index is 2.47. The summed E-state index contributed by atoms with van der Waals surface area (Å²) in [6.07, 6.45) is 0. The third kappa shape index (κ3) is 2.79. The van der Waals surface area contributed by atoms with Gasteiger partial charge in [-0.25, -0.2) is 0 Å². The van der Waals surface area contributed by atoms with Crippen LogP contribution < -0.4 is 0 Å². The second-order valence-electron chi connectivity index (χ2n) is 10.5. The number of aromatic nitrogens is 1. The average molecular weight is 494 g/mol. The van der Waals surface area contributed by atoms with Crippen molar-refractivity contribution < 1.29 is 0 Å². The molecule has 0 spiro atoms. The Bertz CT molecular complexity index is 2320. The largest absolute Gasteiger partial charge is 0.309 e. The lowest BCUT2D eigenvalue weighted by Gasteiger charge is -2.14. The van der Waals surface area contributed by atoms with Gasteiger partial charge in [0.15, 0.2) is 0 Å². The number of benzene rings is 8. The van der Waals surface area contributed by atoms with Gasteiger partial charge in [-0.2, -0.15) is 0 Å². The zero-order valence-electron chi connectivity index (χ0n) is 21.2. The molecule has 8 aromatic carbocycles. The highest BCUT2D eigenvalue weighted by atomic mass is 15.0. The molecule has 9 rings (SSSR count). The van der Waals surface area contributed by atoms with Crippen LogP contribution in [0.25, 0.3) is 82.1 Å². The van der Waals surface area contributed by atoms with Crippen molar-refractivity contribution in [3.8, 4) is 27.9 Å². The maximum Gasteiger partial charge on any atom is 0.0548 e. The van der Waals surface area contributed by atoms with Crippen molar-refractivity contribution in [1.29, 1.82) is 0 Å². The third-order valence-electron chi connectivity index (χ3n) is 8.50. The van der Waals surface area contributed by atoms with Crippen LogP contribution in [0.2, 0.25) is 0 Å². The van der Waals surface area contributed by atoms with Crippen molar-refractivity contribution in [2.24, 2.45) is 0 Å². The van der Waals surface area contributed by atoms with Crippen LogP contribution in [-0.2, 0) is 0 Å². The summed E-state index contributed by atoms with van der Waals surface area (Å²) in [5, 5.41) is 10.8. The highest BCUT2D eigenvalue weighted by Crippen LogP contribution is 2.47. The van der Waals surface area contributed by atoms with Crippen LogP contribution in [0.15, 0.2) is 140 Å². The van der Waals surface area contributed by atoms with Gasteiger partial charge in [0.05, 0.1) is 11.0 Å². The molecular weight excluding hydrogens is 470 g/mol. The molecule has 180 valence electrons. The Labute approximate surface area is 225 Å². The topological polar surface area (TPSA) is 4.93 Å². The van der Waals surface area contributed by atoms with Crippen LogP contribution in [-0.4, -0.2) is 4.57 Å². The molecule has 39 heavy (non-hydrogen) atoms. The first kappa shape index (κ1) is 20.9. The van der Waals surface area contributed by atoms with Gasteiger partial charge < -0.3 is 4.57 Å². The molecule has 1 aromatic heterocycles. The van der Waals surface area contributed by atoms with Crippen molar-refractivity contribution in [1.82, 2.24) is 4.57 Å². The standard InChI is InChI=1S/C38H23N/c1-2-9-24(10-3-1)29-14-4-5-15-30(29)27-12-6-13-28(23-27)39-33-18-8-17-32-31-16-7-11-25-19-20-26-21-22-34(39)38(37(32)33)36(26)35(25)31/h1-23H. The molecule has 0 radical (unpaired) electrons. The summed E-state index contributed by atoms with van der Waals surface area (Å²) in [7, 11) is 0. The van der Waals surface area contributed by atoms with Crippen LogP contribution in [0.5, 0.6) is 0 Å². The van der Waals surface area contributed by atoms with Gasteiger partial charge in [0, 0.05) is 21.8 Å². The SMILES string of the molecule is c1ccc(-c2ccccc2-c2cccc(-n3c4cccc5c6cccc7ccc8ccc3c(c8c76)c54)c2)cc1. The number of fused-ring (bicyclic) bond motifs is 1. The van der Waals surface area contributed by atoms with Gasteiger partial charge in [0.25, 0.3) is 0 Å². The Hall–Kier alpha value is -5.14. The number of hydrogen-bond donors (Lipinski definition) is 0. The van der Waals surface area contributed by atoms with Crippen molar-refractivity contribution >= 4 is 54.1 Å². The minimum atomic E-state index is 1.19. The first-order valence-corrected chi connectivity index (χ1v) is 13.5. The Morgan fingerprint density at radius 1 is 0.359 bits per heavy atom. The molecule has 1 heteroatoms. The van der Waals surface area contributed by atoms with Crippen LogP contribution >= 0.6 is 0 Å². The molecule has 0 amide bonds. The first-order chi connectivity index (χ1) is 19.4. The van der Waals surface area contributed by atoms with Gasteiger partial charge in [-0.1, -0.05) is 115 Å².